The van der Waals surface area contributed by atoms with E-state index >= 15 is 0 Å². The predicted molar refractivity (Wildman–Crippen MR) is 113 cm³/mol. The van der Waals surface area contributed by atoms with Crippen molar-refractivity contribution >= 4 is 45.5 Å². The molecular formula is C21H11Cl2FN2O2S. The molecule has 0 unspecified atom stereocenters. The molecule has 0 saturated heterocycles. The molecule has 0 aliphatic carbocycles. The van der Waals surface area contributed by atoms with Gasteiger partial charge in [0.2, 0.25) is 0 Å². The van der Waals surface area contributed by atoms with Crippen molar-refractivity contribution in [2.24, 2.45) is 0 Å². The first-order chi connectivity index (χ1) is 14.0. The predicted octanol–water partition coefficient (Wildman–Crippen LogP) is 7.63. The molecule has 0 saturated carbocycles. The van der Waals surface area contributed by atoms with Gasteiger partial charge in [0.05, 0.1) is 16.1 Å². The van der Waals surface area contributed by atoms with E-state index in [2.05, 4.69) is 10.1 Å². The van der Waals surface area contributed by atoms with Crippen LogP contribution in [0.2, 0.25) is 10.0 Å². The highest BCUT2D eigenvalue weighted by atomic mass is 35.5. The Hall–Kier alpha value is -2.67. The summed E-state index contributed by atoms with van der Waals surface area (Å²) >= 11 is 13.7. The number of aromatic nitrogens is 2. The van der Waals surface area contributed by atoms with Gasteiger partial charge in [0.1, 0.15) is 33.6 Å². The van der Waals surface area contributed by atoms with Crippen molar-refractivity contribution in [3.63, 3.8) is 0 Å². The molecule has 0 bridgehead atoms. The molecular weight excluding hydrogens is 434 g/mol. The summed E-state index contributed by atoms with van der Waals surface area (Å²) in [5.74, 6) is 0.666. The van der Waals surface area contributed by atoms with Crippen LogP contribution in [0.5, 0.6) is 0 Å². The number of fused-ring (bicyclic) bond motifs is 1. The molecule has 0 atom stereocenters. The zero-order valence-corrected chi connectivity index (χ0v) is 17.2. The van der Waals surface area contributed by atoms with Crippen LogP contribution in [0.4, 0.5) is 4.39 Å². The van der Waals surface area contributed by atoms with Gasteiger partial charge < -0.3 is 8.94 Å². The van der Waals surface area contributed by atoms with Crippen LogP contribution in [0.3, 0.4) is 0 Å². The molecule has 0 fully saturated rings. The zero-order valence-electron chi connectivity index (χ0n) is 14.9. The Morgan fingerprint density at radius 3 is 2.76 bits per heavy atom. The van der Waals surface area contributed by atoms with Crippen LogP contribution in [0.15, 0.2) is 56.8 Å². The molecule has 3 aromatic heterocycles. The maximum atomic E-state index is 14.5. The number of halogens is 3. The van der Waals surface area contributed by atoms with Gasteiger partial charge in [0.15, 0.2) is 5.76 Å². The van der Waals surface area contributed by atoms with E-state index in [4.69, 9.17) is 32.1 Å². The standard InChI is InChI=1S/C21H11Cl2FN2O2S/c1-10-18(20(26-28-10)19-13(23)3-2-4-14(19)24)21-25-15(9-29-21)17-8-11-7-12(22)5-6-16(11)27-17/h2-9H,1H3. The van der Waals surface area contributed by atoms with Gasteiger partial charge in [-0.1, -0.05) is 34.4 Å². The zero-order chi connectivity index (χ0) is 20.1. The van der Waals surface area contributed by atoms with Crippen molar-refractivity contribution in [1.82, 2.24) is 10.1 Å². The van der Waals surface area contributed by atoms with Crippen LogP contribution >= 0.6 is 34.5 Å². The Bertz CT molecular complexity index is 1350. The smallest absolute Gasteiger partial charge is 0.154 e. The van der Waals surface area contributed by atoms with Gasteiger partial charge in [-0.3, -0.25) is 0 Å². The van der Waals surface area contributed by atoms with Gasteiger partial charge in [-0.25, -0.2) is 9.37 Å². The number of aryl methyl sites for hydroxylation is 1. The van der Waals surface area contributed by atoms with Crippen molar-refractivity contribution in [3.8, 4) is 33.3 Å². The minimum Gasteiger partial charge on any atom is -0.454 e. The average Bonchev–Trinajstić information content (AvgIpc) is 3.39. The quantitative estimate of drug-likeness (QED) is 0.287. The Labute approximate surface area is 178 Å². The molecule has 0 amide bonds. The highest BCUT2D eigenvalue weighted by molar-refractivity contribution is 7.13. The van der Waals surface area contributed by atoms with E-state index in [-0.39, 0.29) is 10.6 Å². The minimum atomic E-state index is -0.474. The lowest BCUT2D eigenvalue weighted by Gasteiger charge is -2.04. The van der Waals surface area contributed by atoms with Gasteiger partial charge in [0, 0.05) is 15.8 Å². The topological polar surface area (TPSA) is 52.1 Å². The Morgan fingerprint density at radius 2 is 1.93 bits per heavy atom. The lowest BCUT2D eigenvalue weighted by atomic mass is 10.1. The summed E-state index contributed by atoms with van der Waals surface area (Å²) in [4.78, 5) is 4.67. The Balaban J connectivity index is 1.62. The van der Waals surface area contributed by atoms with Gasteiger partial charge in [-0.15, -0.1) is 11.3 Å². The first-order valence-electron chi connectivity index (χ1n) is 8.57. The second-order valence-corrected chi connectivity index (χ2v) is 8.09. The van der Waals surface area contributed by atoms with Crippen LogP contribution in [0.25, 0.3) is 44.3 Å². The van der Waals surface area contributed by atoms with Crippen LogP contribution < -0.4 is 0 Å². The molecule has 0 aliphatic heterocycles. The number of hydrogen-bond acceptors (Lipinski definition) is 5. The van der Waals surface area contributed by atoms with Crippen LogP contribution in [-0.2, 0) is 0 Å². The first kappa shape index (κ1) is 18.4. The fourth-order valence-electron chi connectivity index (χ4n) is 3.16. The molecule has 0 aliphatic rings. The molecule has 5 aromatic rings. The number of thiazole rings is 1. The summed E-state index contributed by atoms with van der Waals surface area (Å²) in [5, 5.41) is 8.32. The molecule has 3 heterocycles. The summed E-state index contributed by atoms with van der Waals surface area (Å²) in [5.41, 5.74) is 2.49. The van der Waals surface area contributed by atoms with Gasteiger partial charge >= 0.3 is 0 Å². The molecule has 144 valence electrons. The summed E-state index contributed by atoms with van der Waals surface area (Å²) in [7, 11) is 0. The van der Waals surface area contributed by atoms with E-state index < -0.39 is 5.82 Å². The Kier molecular flexibility index (Phi) is 4.42. The van der Waals surface area contributed by atoms with Gasteiger partial charge in [-0.05, 0) is 43.3 Å². The first-order valence-corrected chi connectivity index (χ1v) is 10.2. The highest BCUT2D eigenvalue weighted by Crippen LogP contribution is 2.41. The van der Waals surface area contributed by atoms with Gasteiger partial charge in [-0.2, -0.15) is 0 Å². The van der Waals surface area contributed by atoms with E-state index in [1.54, 1.807) is 25.1 Å². The van der Waals surface area contributed by atoms with E-state index in [9.17, 15) is 4.39 Å². The molecule has 0 radical (unpaired) electrons. The minimum absolute atomic E-state index is 0.191. The summed E-state index contributed by atoms with van der Waals surface area (Å²) in [6.07, 6.45) is 0. The van der Waals surface area contributed by atoms with E-state index in [0.29, 0.717) is 38.5 Å². The lowest BCUT2D eigenvalue weighted by molar-refractivity contribution is 0.400. The monoisotopic (exact) mass is 444 g/mol. The maximum Gasteiger partial charge on any atom is 0.154 e. The third-order valence-electron chi connectivity index (χ3n) is 4.51. The van der Waals surface area contributed by atoms with Gasteiger partial charge in [0.25, 0.3) is 0 Å². The van der Waals surface area contributed by atoms with Crippen LogP contribution in [0.1, 0.15) is 5.76 Å². The van der Waals surface area contributed by atoms with Crippen molar-refractivity contribution in [2.75, 3.05) is 0 Å². The van der Waals surface area contributed by atoms with Crippen molar-refractivity contribution < 1.29 is 13.3 Å². The Morgan fingerprint density at radius 1 is 1.07 bits per heavy atom. The number of benzene rings is 2. The molecule has 0 spiro atoms. The number of rotatable bonds is 3. The lowest BCUT2D eigenvalue weighted by Crippen LogP contribution is -1.89. The normalized spacial score (nSPS) is 11.4. The van der Waals surface area contributed by atoms with E-state index in [1.165, 1.54) is 17.4 Å². The molecule has 5 rings (SSSR count). The second kappa shape index (κ2) is 6.99. The number of nitrogens with zero attached hydrogens (tertiary/aromatic N) is 2. The summed E-state index contributed by atoms with van der Waals surface area (Å²) in [6.45, 7) is 1.75. The molecule has 29 heavy (non-hydrogen) atoms. The number of hydrogen-bond donors (Lipinski definition) is 0. The largest absolute Gasteiger partial charge is 0.454 e. The third kappa shape index (κ3) is 3.13. The SMILES string of the molecule is Cc1onc(-c2c(F)cccc2Cl)c1-c1nc(-c2cc3cc(Cl)ccc3o2)cs1. The summed E-state index contributed by atoms with van der Waals surface area (Å²) < 4.78 is 25.7. The van der Waals surface area contributed by atoms with Crippen LogP contribution in [0, 0.1) is 12.7 Å². The summed E-state index contributed by atoms with van der Waals surface area (Å²) in [6, 6.07) is 11.8. The molecule has 2 aromatic carbocycles. The fraction of sp³-hybridized carbons (Fsp3) is 0.0476. The van der Waals surface area contributed by atoms with Crippen molar-refractivity contribution in [2.45, 2.75) is 6.92 Å². The highest BCUT2D eigenvalue weighted by Gasteiger charge is 2.24. The van der Waals surface area contributed by atoms with Crippen molar-refractivity contribution in [1.29, 1.82) is 0 Å². The number of furan rings is 1. The van der Waals surface area contributed by atoms with Crippen molar-refractivity contribution in [3.05, 3.63) is 69.5 Å². The molecule has 8 heteroatoms. The second-order valence-electron chi connectivity index (χ2n) is 6.39. The molecule has 0 N–H and O–H groups in total. The molecule has 4 nitrogen and oxygen atoms in total. The average molecular weight is 445 g/mol. The van der Waals surface area contributed by atoms with E-state index in [1.807, 2.05) is 23.6 Å². The third-order valence-corrected chi connectivity index (χ3v) is 5.92. The fourth-order valence-corrected chi connectivity index (χ4v) is 4.50. The van der Waals surface area contributed by atoms with E-state index in [0.717, 1.165) is 11.0 Å². The maximum absolute atomic E-state index is 14.5. The van der Waals surface area contributed by atoms with Crippen LogP contribution in [-0.4, -0.2) is 10.1 Å².